The average Bonchev–Trinajstić information content (AvgIpc) is 2.69. The summed E-state index contributed by atoms with van der Waals surface area (Å²) in [4.78, 5) is 36.4. The van der Waals surface area contributed by atoms with E-state index in [4.69, 9.17) is 15.2 Å². The zero-order valence-electron chi connectivity index (χ0n) is 16.5. The Morgan fingerprint density at radius 3 is 2.07 bits per heavy atom. The van der Waals surface area contributed by atoms with Crippen molar-refractivity contribution >= 4 is 5.82 Å². The van der Waals surface area contributed by atoms with E-state index in [1.165, 1.54) is 28.3 Å². The summed E-state index contributed by atoms with van der Waals surface area (Å²) >= 11 is 0. The molecule has 0 spiro atoms. The van der Waals surface area contributed by atoms with Crippen molar-refractivity contribution in [2.24, 2.45) is 14.1 Å². The number of nitrogen functional groups attached to an aromatic ring is 1. The van der Waals surface area contributed by atoms with Crippen LogP contribution in [0.25, 0.3) is 0 Å². The van der Waals surface area contributed by atoms with Gasteiger partial charge in [-0.2, -0.15) is 0 Å². The van der Waals surface area contributed by atoms with E-state index >= 15 is 0 Å². The molecule has 2 aromatic rings. The Kier molecular flexibility index (Phi) is 6.12. The number of nitrogens with zero attached hydrogens (tertiary/aromatic N) is 3. The van der Waals surface area contributed by atoms with E-state index in [-0.39, 0.29) is 17.8 Å². The van der Waals surface area contributed by atoms with E-state index in [9.17, 15) is 19.7 Å². The molecule has 1 aromatic carbocycles. The normalized spacial score (nSPS) is 13.0. The first-order valence-corrected chi connectivity index (χ1v) is 8.59. The van der Waals surface area contributed by atoms with E-state index < -0.39 is 28.1 Å². The Bertz CT molecular complexity index is 988. The second-order valence-corrected chi connectivity index (χ2v) is 6.39. The molecule has 0 aliphatic carbocycles. The molecule has 0 radical (unpaired) electrons. The maximum Gasteiger partial charge on any atom is 0.332 e. The highest BCUT2D eigenvalue weighted by molar-refractivity contribution is 5.50. The van der Waals surface area contributed by atoms with Gasteiger partial charge in [-0.3, -0.25) is 24.0 Å². The molecule has 0 bridgehead atoms. The number of methoxy groups -OCH3 is 2. The fourth-order valence-corrected chi connectivity index (χ4v) is 3.27. The van der Waals surface area contributed by atoms with Crippen LogP contribution in [0.4, 0.5) is 5.82 Å². The van der Waals surface area contributed by atoms with E-state index in [0.29, 0.717) is 17.1 Å². The predicted molar refractivity (Wildman–Crippen MR) is 104 cm³/mol. The summed E-state index contributed by atoms with van der Waals surface area (Å²) in [7, 11) is 5.64. The van der Waals surface area contributed by atoms with Gasteiger partial charge >= 0.3 is 5.69 Å². The Balaban J connectivity index is 2.93. The highest BCUT2D eigenvalue weighted by Crippen LogP contribution is 2.36. The van der Waals surface area contributed by atoms with Crippen LogP contribution in [-0.2, 0) is 14.1 Å². The molecule has 1 aromatic heterocycles. The highest BCUT2D eigenvalue weighted by atomic mass is 16.6. The molecule has 152 valence electrons. The molecule has 2 atom stereocenters. The summed E-state index contributed by atoms with van der Waals surface area (Å²) in [6.07, 6.45) is 0.141. The summed E-state index contributed by atoms with van der Waals surface area (Å²) in [5.41, 5.74) is 5.23. The van der Waals surface area contributed by atoms with Crippen molar-refractivity contribution in [1.82, 2.24) is 9.13 Å². The van der Waals surface area contributed by atoms with Crippen LogP contribution in [0.1, 0.15) is 30.4 Å². The number of anilines is 1. The summed E-state index contributed by atoms with van der Waals surface area (Å²) < 4.78 is 12.5. The van der Waals surface area contributed by atoms with Gasteiger partial charge in [-0.25, -0.2) is 4.79 Å². The Morgan fingerprint density at radius 2 is 1.64 bits per heavy atom. The quantitative estimate of drug-likeness (QED) is 0.546. The van der Waals surface area contributed by atoms with Crippen LogP contribution in [0.3, 0.4) is 0 Å². The van der Waals surface area contributed by atoms with Crippen LogP contribution in [0.5, 0.6) is 11.5 Å². The van der Waals surface area contributed by atoms with Gasteiger partial charge in [0, 0.05) is 31.5 Å². The van der Waals surface area contributed by atoms with Crippen LogP contribution < -0.4 is 26.5 Å². The average molecular weight is 392 g/mol. The number of nitrogens with two attached hydrogens (primary N) is 1. The first-order chi connectivity index (χ1) is 13.2. The van der Waals surface area contributed by atoms with Crippen molar-refractivity contribution in [1.29, 1.82) is 0 Å². The van der Waals surface area contributed by atoms with Crippen LogP contribution in [-0.4, -0.2) is 34.3 Å². The Hall–Kier alpha value is -3.30. The summed E-state index contributed by atoms with van der Waals surface area (Å²) in [6.45, 7) is 1.65. The van der Waals surface area contributed by atoms with E-state index in [1.54, 1.807) is 25.1 Å². The molecule has 10 nitrogen and oxygen atoms in total. The van der Waals surface area contributed by atoms with Crippen molar-refractivity contribution in [2.75, 3.05) is 20.0 Å². The van der Waals surface area contributed by atoms with Crippen LogP contribution in [0.15, 0.2) is 27.8 Å². The highest BCUT2D eigenvalue weighted by Gasteiger charge is 2.37. The molecule has 0 aliphatic heterocycles. The Labute approximate surface area is 161 Å². The maximum atomic E-state index is 12.9. The second-order valence-electron chi connectivity index (χ2n) is 6.39. The summed E-state index contributed by atoms with van der Waals surface area (Å²) in [6, 6.07) is 3.67. The van der Waals surface area contributed by atoms with Crippen molar-refractivity contribution < 1.29 is 14.4 Å². The zero-order chi connectivity index (χ0) is 21.2. The third kappa shape index (κ3) is 3.57. The van der Waals surface area contributed by atoms with Crippen LogP contribution in [0.2, 0.25) is 0 Å². The predicted octanol–water partition coefficient (Wildman–Crippen LogP) is 0.871. The molecule has 28 heavy (non-hydrogen) atoms. The molecule has 0 amide bonds. The molecule has 10 heteroatoms. The largest absolute Gasteiger partial charge is 0.497 e. The summed E-state index contributed by atoms with van der Waals surface area (Å²) in [5, 5.41) is 11.8. The molecular formula is C18H24N4O6. The van der Waals surface area contributed by atoms with Gasteiger partial charge in [0.1, 0.15) is 17.3 Å². The molecule has 0 aliphatic rings. The SMILES string of the molecule is CCC(C(c1cc(OC)cc(OC)c1)c1c(N)n(C)c(=O)n(C)c1=O)[N+](=O)[O-]. The van der Waals surface area contributed by atoms with Crippen molar-refractivity contribution in [2.45, 2.75) is 25.3 Å². The first kappa shape index (κ1) is 21.0. The lowest BCUT2D eigenvalue weighted by Gasteiger charge is -2.24. The van der Waals surface area contributed by atoms with E-state index in [2.05, 4.69) is 0 Å². The van der Waals surface area contributed by atoms with Crippen molar-refractivity contribution in [3.63, 3.8) is 0 Å². The number of rotatable bonds is 7. The van der Waals surface area contributed by atoms with Crippen LogP contribution >= 0.6 is 0 Å². The van der Waals surface area contributed by atoms with Gasteiger partial charge in [-0.1, -0.05) is 6.92 Å². The second kappa shape index (κ2) is 8.15. The van der Waals surface area contributed by atoms with E-state index in [0.717, 1.165) is 9.13 Å². The minimum atomic E-state index is -1.15. The molecule has 2 unspecified atom stereocenters. The van der Waals surface area contributed by atoms with Gasteiger partial charge in [0.25, 0.3) is 5.56 Å². The Morgan fingerprint density at radius 1 is 1.11 bits per heavy atom. The molecule has 2 rings (SSSR count). The van der Waals surface area contributed by atoms with Gasteiger partial charge in [0.15, 0.2) is 0 Å². The third-order valence-corrected chi connectivity index (χ3v) is 4.86. The molecule has 2 N–H and O–H groups in total. The number of hydrogen-bond donors (Lipinski definition) is 1. The fraction of sp³-hybridized carbons (Fsp3) is 0.444. The van der Waals surface area contributed by atoms with E-state index in [1.807, 2.05) is 0 Å². The van der Waals surface area contributed by atoms with Gasteiger partial charge in [-0.05, 0) is 17.7 Å². The van der Waals surface area contributed by atoms with Gasteiger partial charge < -0.3 is 15.2 Å². The lowest BCUT2D eigenvalue weighted by molar-refractivity contribution is -0.525. The van der Waals surface area contributed by atoms with Crippen molar-refractivity contribution in [3.05, 3.63) is 60.3 Å². The van der Waals surface area contributed by atoms with Crippen LogP contribution in [0, 0.1) is 10.1 Å². The third-order valence-electron chi connectivity index (χ3n) is 4.86. The minimum Gasteiger partial charge on any atom is -0.497 e. The maximum absolute atomic E-state index is 12.9. The van der Waals surface area contributed by atoms with Gasteiger partial charge in [-0.15, -0.1) is 0 Å². The molecule has 0 fully saturated rings. The standard InChI is InChI=1S/C18H24N4O6/c1-6-13(22(25)26)14(10-7-11(27-4)9-12(8-10)28-5)15-16(19)20(2)18(24)21(3)17(15)23/h7-9,13-14H,6,19H2,1-5H3. The molecule has 0 saturated carbocycles. The lowest BCUT2D eigenvalue weighted by Crippen LogP contribution is -2.43. The number of hydrogen-bond acceptors (Lipinski definition) is 7. The number of benzene rings is 1. The fourth-order valence-electron chi connectivity index (χ4n) is 3.27. The minimum absolute atomic E-state index is 0.0107. The number of nitro groups is 1. The first-order valence-electron chi connectivity index (χ1n) is 8.59. The lowest BCUT2D eigenvalue weighted by atomic mass is 9.84. The zero-order valence-corrected chi connectivity index (χ0v) is 16.5. The molecule has 1 heterocycles. The number of aromatic nitrogens is 2. The van der Waals surface area contributed by atoms with Gasteiger partial charge in [0.05, 0.1) is 25.7 Å². The summed E-state index contributed by atoms with van der Waals surface area (Å²) in [5.74, 6) is -0.287. The molecular weight excluding hydrogens is 368 g/mol. The van der Waals surface area contributed by atoms with Crippen molar-refractivity contribution in [3.8, 4) is 11.5 Å². The molecule has 0 saturated heterocycles. The topological polar surface area (TPSA) is 132 Å². The smallest absolute Gasteiger partial charge is 0.332 e. The van der Waals surface area contributed by atoms with Gasteiger partial charge in [0.2, 0.25) is 6.04 Å². The monoisotopic (exact) mass is 392 g/mol. The number of ether oxygens (including phenoxy) is 2.